The van der Waals surface area contributed by atoms with E-state index < -0.39 is 9.84 Å². The second-order valence-corrected chi connectivity index (χ2v) is 8.63. The third kappa shape index (κ3) is 3.28. The number of aromatic amines is 1. The molecule has 9 heteroatoms. The lowest BCUT2D eigenvalue weighted by Crippen LogP contribution is -1.98. The monoisotopic (exact) mass is 382 g/mol. The molecule has 0 aliphatic carbocycles. The van der Waals surface area contributed by atoms with Crippen LogP contribution in [0.1, 0.15) is 13.8 Å². The van der Waals surface area contributed by atoms with Gasteiger partial charge in [-0.15, -0.1) is 0 Å². The average molecular weight is 382 g/mol. The fourth-order valence-corrected chi connectivity index (χ4v) is 3.52. The first-order chi connectivity index (χ1) is 12.8. The minimum atomic E-state index is -3.30. The quantitative estimate of drug-likeness (QED) is 0.561. The fourth-order valence-electron chi connectivity index (χ4n) is 2.87. The first-order valence-electron chi connectivity index (χ1n) is 8.24. The topological polar surface area (TPSA) is 106 Å². The van der Waals surface area contributed by atoms with Gasteiger partial charge in [-0.2, -0.15) is 10.2 Å². The van der Waals surface area contributed by atoms with Gasteiger partial charge < -0.3 is 5.32 Å². The largest absolute Gasteiger partial charge is 0.336 e. The summed E-state index contributed by atoms with van der Waals surface area (Å²) in [7, 11) is -3.30. The molecule has 0 aliphatic rings. The van der Waals surface area contributed by atoms with Crippen molar-refractivity contribution in [2.45, 2.75) is 18.7 Å². The Morgan fingerprint density at radius 3 is 2.78 bits per heavy atom. The predicted molar refractivity (Wildman–Crippen MR) is 106 cm³/mol. The number of aromatic nitrogens is 5. The van der Waals surface area contributed by atoms with E-state index in [4.69, 9.17) is 0 Å². The van der Waals surface area contributed by atoms with Crippen LogP contribution in [-0.2, 0) is 9.84 Å². The van der Waals surface area contributed by atoms with E-state index in [-0.39, 0.29) is 4.90 Å². The van der Waals surface area contributed by atoms with Crippen molar-refractivity contribution in [3.05, 3.63) is 42.4 Å². The molecule has 0 spiro atoms. The summed E-state index contributed by atoms with van der Waals surface area (Å²) in [6.07, 6.45) is 8.34. The summed E-state index contributed by atoms with van der Waals surface area (Å²) in [4.78, 5) is 4.89. The lowest BCUT2D eigenvalue weighted by Gasteiger charge is -2.08. The minimum Gasteiger partial charge on any atom is -0.336 e. The van der Waals surface area contributed by atoms with Crippen LogP contribution in [0.15, 0.2) is 47.3 Å². The zero-order valence-corrected chi connectivity index (χ0v) is 15.9. The summed E-state index contributed by atoms with van der Waals surface area (Å²) in [5.41, 5.74) is 3.28. The molecule has 0 saturated carbocycles. The summed E-state index contributed by atoms with van der Waals surface area (Å²) < 4.78 is 25.5. The number of hydrogen-bond donors (Lipinski definition) is 2. The molecule has 3 aromatic heterocycles. The maximum absolute atomic E-state index is 11.9. The van der Waals surface area contributed by atoms with Crippen molar-refractivity contribution in [1.82, 2.24) is 25.0 Å². The number of pyridine rings is 1. The van der Waals surface area contributed by atoms with Gasteiger partial charge in [0, 0.05) is 23.2 Å². The van der Waals surface area contributed by atoms with Gasteiger partial charge in [-0.1, -0.05) is 5.57 Å². The normalized spacial score (nSPS) is 11.8. The number of nitrogens with one attached hydrogen (secondary N) is 2. The molecule has 27 heavy (non-hydrogen) atoms. The Kier molecular flexibility index (Phi) is 3.96. The lowest BCUT2D eigenvalue weighted by atomic mass is 10.1. The molecule has 0 bridgehead atoms. The predicted octanol–water partition coefficient (Wildman–Crippen LogP) is 3.34. The number of nitrogens with zero attached hydrogens (tertiary/aromatic N) is 4. The summed E-state index contributed by atoms with van der Waals surface area (Å²) in [6.45, 7) is 4.00. The highest BCUT2D eigenvalue weighted by Crippen LogP contribution is 2.30. The zero-order valence-electron chi connectivity index (χ0n) is 15.1. The van der Waals surface area contributed by atoms with Crippen LogP contribution in [0.5, 0.6) is 0 Å². The third-order valence-electron chi connectivity index (χ3n) is 4.05. The van der Waals surface area contributed by atoms with Gasteiger partial charge in [0.25, 0.3) is 0 Å². The van der Waals surface area contributed by atoms with Crippen LogP contribution >= 0.6 is 0 Å². The molecule has 2 N–H and O–H groups in total. The number of sulfone groups is 1. The van der Waals surface area contributed by atoms with Crippen LogP contribution in [0.25, 0.3) is 28.0 Å². The van der Waals surface area contributed by atoms with E-state index in [1.165, 1.54) is 6.26 Å². The Morgan fingerprint density at radius 1 is 1.22 bits per heavy atom. The highest BCUT2D eigenvalue weighted by molar-refractivity contribution is 7.90. The van der Waals surface area contributed by atoms with Crippen molar-refractivity contribution < 1.29 is 8.42 Å². The molecule has 4 rings (SSSR count). The van der Waals surface area contributed by atoms with Gasteiger partial charge in [0.05, 0.1) is 34.7 Å². The number of anilines is 2. The van der Waals surface area contributed by atoms with Crippen molar-refractivity contribution in [2.75, 3.05) is 11.6 Å². The van der Waals surface area contributed by atoms with E-state index in [0.29, 0.717) is 16.9 Å². The maximum atomic E-state index is 11.9. The van der Waals surface area contributed by atoms with E-state index in [0.717, 1.165) is 22.0 Å². The van der Waals surface area contributed by atoms with Crippen LogP contribution in [0.4, 0.5) is 11.5 Å². The van der Waals surface area contributed by atoms with Crippen molar-refractivity contribution in [2.24, 2.45) is 0 Å². The number of rotatable bonds is 4. The van der Waals surface area contributed by atoms with E-state index >= 15 is 0 Å². The lowest BCUT2D eigenvalue weighted by molar-refractivity contribution is 0.602. The molecular weight excluding hydrogens is 364 g/mol. The highest BCUT2D eigenvalue weighted by Gasteiger charge is 2.14. The smallest absolute Gasteiger partial charge is 0.175 e. The number of allylic oxidation sites excluding steroid dienone is 1. The van der Waals surface area contributed by atoms with Gasteiger partial charge in [-0.25, -0.2) is 18.1 Å². The first kappa shape index (κ1) is 17.2. The van der Waals surface area contributed by atoms with Crippen molar-refractivity contribution in [1.29, 1.82) is 0 Å². The average Bonchev–Trinajstić information content (AvgIpc) is 3.23. The SMILES string of the molecule is CC(C)=Cn1cc(Nc2nc3ccc(S(C)(=O)=O)cc3c3cn[nH]c23)cn1. The number of H-pyrrole nitrogens is 1. The molecule has 8 nitrogen and oxygen atoms in total. The molecule has 0 atom stereocenters. The molecule has 0 saturated heterocycles. The number of hydrogen-bond acceptors (Lipinski definition) is 6. The molecular formula is C18H18N6O2S. The van der Waals surface area contributed by atoms with Crippen LogP contribution in [-0.4, -0.2) is 39.6 Å². The summed E-state index contributed by atoms with van der Waals surface area (Å²) >= 11 is 0. The van der Waals surface area contributed by atoms with Crippen molar-refractivity contribution >= 4 is 49.3 Å². The molecule has 138 valence electrons. The molecule has 0 unspecified atom stereocenters. The molecule has 0 fully saturated rings. The highest BCUT2D eigenvalue weighted by atomic mass is 32.2. The molecule has 4 aromatic rings. The van der Waals surface area contributed by atoms with Gasteiger partial charge in [-0.3, -0.25) is 5.10 Å². The third-order valence-corrected chi connectivity index (χ3v) is 5.16. The van der Waals surface area contributed by atoms with Gasteiger partial charge in [0.15, 0.2) is 15.7 Å². The van der Waals surface area contributed by atoms with Crippen LogP contribution in [0.2, 0.25) is 0 Å². The summed E-state index contributed by atoms with van der Waals surface area (Å²) in [6, 6.07) is 4.90. The molecule has 3 heterocycles. The Labute approximate surface area is 155 Å². The minimum absolute atomic E-state index is 0.253. The first-order valence-corrected chi connectivity index (χ1v) is 10.1. The summed E-state index contributed by atoms with van der Waals surface area (Å²) in [5, 5.41) is 16.1. The van der Waals surface area contributed by atoms with Gasteiger partial charge in [0.2, 0.25) is 0 Å². The van der Waals surface area contributed by atoms with Crippen LogP contribution < -0.4 is 5.32 Å². The molecule has 1 aromatic carbocycles. The standard InChI is InChI=1S/C18H18N6O2S/c1-11(2)9-24-10-12(7-20-24)21-18-17-15(8-19-23-17)14-6-13(27(3,25)26)4-5-16(14)22-18/h4-10H,1-3H3,(H,19,23)(H,21,22). The van der Waals surface area contributed by atoms with E-state index in [1.807, 2.05) is 26.2 Å². The molecule has 0 radical (unpaired) electrons. The number of fused-ring (bicyclic) bond motifs is 3. The molecule has 0 aliphatic heterocycles. The van der Waals surface area contributed by atoms with Gasteiger partial charge >= 0.3 is 0 Å². The van der Waals surface area contributed by atoms with Crippen molar-refractivity contribution in [3.8, 4) is 0 Å². The van der Waals surface area contributed by atoms with E-state index in [2.05, 4.69) is 25.6 Å². The molecule has 0 amide bonds. The van der Waals surface area contributed by atoms with Gasteiger partial charge in [-0.05, 0) is 32.0 Å². The second-order valence-electron chi connectivity index (χ2n) is 6.61. The Balaban J connectivity index is 1.83. The summed E-state index contributed by atoms with van der Waals surface area (Å²) in [5.74, 6) is 0.596. The van der Waals surface area contributed by atoms with Crippen molar-refractivity contribution in [3.63, 3.8) is 0 Å². The van der Waals surface area contributed by atoms with E-state index in [9.17, 15) is 8.42 Å². The second kappa shape index (κ2) is 6.20. The Hall–Kier alpha value is -3.20. The van der Waals surface area contributed by atoms with Crippen LogP contribution in [0, 0.1) is 0 Å². The Bertz CT molecular complexity index is 1300. The van der Waals surface area contributed by atoms with Crippen LogP contribution in [0.3, 0.4) is 0 Å². The Morgan fingerprint density at radius 2 is 2.04 bits per heavy atom. The van der Waals surface area contributed by atoms with E-state index in [1.54, 1.807) is 35.3 Å². The zero-order chi connectivity index (χ0) is 19.2. The van der Waals surface area contributed by atoms with Gasteiger partial charge in [0.1, 0.15) is 5.52 Å². The maximum Gasteiger partial charge on any atom is 0.175 e. The fraction of sp³-hybridized carbons (Fsp3) is 0.167. The number of benzene rings is 1.